The van der Waals surface area contributed by atoms with Gasteiger partial charge in [0, 0.05) is 5.56 Å². The molecular weight excluding hydrogens is 264 g/mol. The van der Waals surface area contributed by atoms with Crippen molar-refractivity contribution in [2.75, 3.05) is 0 Å². The highest BCUT2D eigenvalue weighted by Crippen LogP contribution is 2.28. The maximum atomic E-state index is 11.2. The van der Waals surface area contributed by atoms with Crippen molar-refractivity contribution in [3.05, 3.63) is 64.7 Å². The van der Waals surface area contributed by atoms with Crippen LogP contribution in [0.4, 0.5) is 0 Å². The molecule has 0 fully saturated rings. The third-order valence-corrected chi connectivity index (χ3v) is 3.77. The Morgan fingerprint density at radius 2 is 1.71 bits per heavy atom. The van der Waals surface area contributed by atoms with Gasteiger partial charge in [-0.25, -0.2) is 0 Å². The molecule has 0 aliphatic heterocycles. The van der Waals surface area contributed by atoms with Crippen LogP contribution in [-0.4, -0.2) is 11.1 Å². The molecule has 2 aromatic rings. The molecule has 0 saturated carbocycles. The van der Waals surface area contributed by atoms with Crippen LogP contribution in [0.3, 0.4) is 0 Å². The van der Waals surface area contributed by atoms with Gasteiger partial charge in [-0.1, -0.05) is 36.4 Å². The molecule has 0 radical (unpaired) electrons. The summed E-state index contributed by atoms with van der Waals surface area (Å²) in [5.41, 5.74) is 4.21. The van der Waals surface area contributed by atoms with Gasteiger partial charge in [-0.3, -0.25) is 4.79 Å². The monoisotopic (exact) mass is 284 g/mol. The molecule has 3 heteroatoms. The average Bonchev–Trinajstić information content (AvgIpc) is 2.46. The molecule has 2 rings (SSSR count). The third kappa shape index (κ3) is 3.43. The van der Waals surface area contributed by atoms with Crippen LogP contribution >= 0.6 is 0 Å². The molecule has 0 saturated heterocycles. The summed E-state index contributed by atoms with van der Waals surface area (Å²) in [4.78, 5) is 11.2. The number of carboxylic acid groups (broad SMARTS) is 1. The van der Waals surface area contributed by atoms with Gasteiger partial charge in [-0.2, -0.15) is 0 Å². The highest BCUT2D eigenvalue weighted by molar-refractivity contribution is 5.76. The topological polar surface area (TPSA) is 46.5 Å². The molecule has 2 aromatic carbocycles. The second kappa shape index (κ2) is 6.44. The number of ether oxygens (including phenoxy) is 1. The van der Waals surface area contributed by atoms with Crippen LogP contribution in [-0.2, 0) is 11.4 Å². The van der Waals surface area contributed by atoms with E-state index in [9.17, 15) is 9.90 Å². The zero-order valence-corrected chi connectivity index (χ0v) is 12.6. The van der Waals surface area contributed by atoms with E-state index in [2.05, 4.69) is 26.0 Å². The maximum Gasteiger partial charge on any atom is 0.310 e. The Kier molecular flexibility index (Phi) is 4.63. The van der Waals surface area contributed by atoms with Crippen molar-refractivity contribution in [3.8, 4) is 5.75 Å². The molecule has 21 heavy (non-hydrogen) atoms. The number of rotatable bonds is 5. The van der Waals surface area contributed by atoms with Gasteiger partial charge in [0.2, 0.25) is 0 Å². The Morgan fingerprint density at radius 3 is 2.33 bits per heavy atom. The molecular formula is C18H20O3. The number of benzene rings is 2. The fourth-order valence-electron chi connectivity index (χ4n) is 2.33. The molecule has 1 atom stereocenters. The molecule has 1 N–H and O–H groups in total. The lowest BCUT2D eigenvalue weighted by molar-refractivity contribution is -0.138. The molecule has 1 unspecified atom stereocenters. The number of hydrogen-bond donors (Lipinski definition) is 1. The summed E-state index contributed by atoms with van der Waals surface area (Å²) in [7, 11) is 0. The molecule has 0 bridgehead atoms. The van der Waals surface area contributed by atoms with E-state index < -0.39 is 11.9 Å². The second-order valence-electron chi connectivity index (χ2n) is 5.26. The number of aryl methyl sites for hydroxylation is 2. The summed E-state index contributed by atoms with van der Waals surface area (Å²) in [6.45, 7) is 6.22. The van der Waals surface area contributed by atoms with E-state index in [0.29, 0.717) is 17.9 Å². The zero-order valence-electron chi connectivity index (χ0n) is 12.6. The van der Waals surface area contributed by atoms with Gasteiger partial charge in [0.15, 0.2) is 0 Å². The minimum atomic E-state index is -0.849. The third-order valence-electron chi connectivity index (χ3n) is 3.77. The molecule has 0 heterocycles. The van der Waals surface area contributed by atoms with Crippen LogP contribution in [0.15, 0.2) is 42.5 Å². The van der Waals surface area contributed by atoms with E-state index in [1.54, 1.807) is 13.0 Å². The predicted octanol–water partition coefficient (Wildman–Crippen LogP) is 4.07. The van der Waals surface area contributed by atoms with E-state index in [0.717, 1.165) is 5.56 Å². The van der Waals surface area contributed by atoms with E-state index in [1.165, 1.54) is 11.1 Å². The van der Waals surface area contributed by atoms with Crippen molar-refractivity contribution < 1.29 is 14.6 Å². The molecule has 0 aliphatic carbocycles. The normalized spacial score (nSPS) is 12.0. The number of aliphatic carboxylic acids is 1. The number of carboxylic acids is 1. The lowest BCUT2D eigenvalue weighted by atomic mass is 10.0. The van der Waals surface area contributed by atoms with E-state index >= 15 is 0 Å². The quantitative estimate of drug-likeness (QED) is 0.900. The first-order chi connectivity index (χ1) is 10.0. The van der Waals surface area contributed by atoms with Gasteiger partial charge in [-0.15, -0.1) is 0 Å². The van der Waals surface area contributed by atoms with E-state index in [4.69, 9.17) is 4.74 Å². The van der Waals surface area contributed by atoms with Crippen molar-refractivity contribution in [2.45, 2.75) is 33.3 Å². The van der Waals surface area contributed by atoms with Crippen LogP contribution in [0.1, 0.15) is 35.1 Å². The van der Waals surface area contributed by atoms with Crippen LogP contribution in [0, 0.1) is 13.8 Å². The maximum absolute atomic E-state index is 11.2. The predicted molar refractivity (Wildman–Crippen MR) is 82.7 cm³/mol. The Bertz CT molecular complexity index is 626. The first-order valence-electron chi connectivity index (χ1n) is 7.00. The first kappa shape index (κ1) is 15.1. The summed E-state index contributed by atoms with van der Waals surface area (Å²) < 4.78 is 5.89. The van der Waals surface area contributed by atoms with Crippen molar-refractivity contribution in [1.29, 1.82) is 0 Å². The summed E-state index contributed by atoms with van der Waals surface area (Å²) in [6, 6.07) is 13.4. The van der Waals surface area contributed by atoms with E-state index in [1.807, 2.05) is 24.3 Å². The average molecular weight is 284 g/mol. The van der Waals surface area contributed by atoms with Crippen LogP contribution in [0.2, 0.25) is 0 Å². The lowest BCUT2D eigenvalue weighted by Crippen LogP contribution is -2.10. The zero-order chi connectivity index (χ0) is 15.4. The largest absolute Gasteiger partial charge is 0.489 e. The summed E-state index contributed by atoms with van der Waals surface area (Å²) in [5.74, 6) is -0.799. The van der Waals surface area contributed by atoms with Gasteiger partial charge in [0.25, 0.3) is 0 Å². The van der Waals surface area contributed by atoms with Crippen LogP contribution < -0.4 is 4.74 Å². The van der Waals surface area contributed by atoms with Gasteiger partial charge < -0.3 is 9.84 Å². The van der Waals surface area contributed by atoms with Crippen molar-refractivity contribution in [2.24, 2.45) is 0 Å². The SMILES string of the molecule is Cc1cccc(C)c1COc1ccccc1C(C)C(=O)O. The van der Waals surface area contributed by atoms with Gasteiger partial charge in [0.05, 0.1) is 5.92 Å². The Hall–Kier alpha value is -2.29. The number of para-hydroxylation sites is 1. The van der Waals surface area contributed by atoms with Crippen molar-refractivity contribution in [3.63, 3.8) is 0 Å². The molecule has 0 aromatic heterocycles. The standard InChI is InChI=1S/C18H20O3/c1-12-7-6-8-13(2)16(12)11-21-17-10-5-4-9-15(17)14(3)18(19)20/h4-10,14H,11H2,1-3H3,(H,19,20). The first-order valence-corrected chi connectivity index (χ1v) is 7.00. The van der Waals surface area contributed by atoms with Crippen LogP contribution in [0.5, 0.6) is 5.75 Å². The molecule has 3 nitrogen and oxygen atoms in total. The van der Waals surface area contributed by atoms with Gasteiger partial charge in [-0.05, 0) is 43.5 Å². The molecule has 0 spiro atoms. The van der Waals surface area contributed by atoms with Crippen molar-refractivity contribution in [1.82, 2.24) is 0 Å². The van der Waals surface area contributed by atoms with Crippen molar-refractivity contribution >= 4 is 5.97 Å². The fraction of sp³-hybridized carbons (Fsp3) is 0.278. The number of hydrogen-bond acceptors (Lipinski definition) is 2. The summed E-state index contributed by atoms with van der Waals surface area (Å²) >= 11 is 0. The fourth-order valence-corrected chi connectivity index (χ4v) is 2.33. The Labute approximate surface area is 125 Å². The second-order valence-corrected chi connectivity index (χ2v) is 5.26. The Morgan fingerprint density at radius 1 is 1.10 bits per heavy atom. The van der Waals surface area contributed by atoms with Gasteiger partial charge >= 0.3 is 5.97 Å². The summed E-state index contributed by atoms with van der Waals surface area (Å²) in [5, 5.41) is 9.18. The Balaban J connectivity index is 2.23. The summed E-state index contributed by atoms with van der Waals surface area (Å²) in [6.07, 6.45) is 0. The lowest BCUT2D eigenvalue weighted by Gasteiger charge is -2.16. The smallest absolute Gasteiger partial charge is 0.310 e. The van der Waals surface area contributed by atoms with E-state index in [-0.39, 0.29) is 0 Å². The minimum absolute atomic E-state index is 0.446. The minimum Gasteiger partial charge on any atom is -0.489 e. The van der Waals surface area contributed by atoms with Crippen LogP contribution in [0.25, 0.3) is 0 Å². The highest BCUT2D eigenvalue weighted by Gasteiger charge is 2.18. The molecule has 0 aliphatic rings. The molecule has 0 amide bonds. The number of carbonyl (C=O) groups is 1. The highest BCUT2D eigenvalue weighted by atomic mass is 16.5. The molecule has 110 valence electrons. The van der Waals surface area contributed by atoms with Gasteiger partial charge in [0.1, 0.15) is 12.4 Å².